The van der Waals surface area contributed by atoms with Crippen LogP contribution in [0.5, 0.6) is 0 Å². The van der Waals surface area contributed by atoms with Gasteiger partial charge in [0.25, 0.3) is 5.91 Å². The fourth-order valence-corrected chi connectivity index (χ4v) is 7.50. The number of benzene rings is 1. The lowest BCUT2D eigenvalue weighted by Gasteiger charge is -2.32. The number of carbonyl (C=O) groups is 3. The molecule has 46 heavy (non-hydrogen) atoms. The summed E-state index contributed by atoms with van der Waals surface area (Å²) in [7, 11) is 0. The number of carbonyl (C=O) groups excluding carboxylic acids is 3. The number of nitrogens with two attached hydrogens (primary N) is 1. The summed E-state index contributed by atoms with van der Waals surface area (Å²) < 4.78 is 5.79. The number of aliphatic hydroxyl groups is 1. The fraction of sp³-hybridized carbons (Fsp3) is 0.588. The maximum atomic E-state index is 13.8. The zero-order valence-electron chi connectivity index (χ0n) is 26.7. The van der Waals surface area contributed by atoms with E-state index in [0.717, 1.165) is 36.1 Å². The van der Waals surface area contributed by atoms with Crippen LogP contribution < -0.4 is 16.4 Å². The molecule has 2 aliphatic rings. The largest absolute Gasteiger partial charge is 0.436 e. The van der Waals surface area contributed by atoms with Crippen molar-refractivity contribution in [1.82, 2.24) is 20.5 Å². The molecule has 1 aromatic heterocycles. The minimum Gasteiger partial charge on any atom is -0.436 e. The first-order chi connectivity index (χ1) is 22.3. The van der Waals surface area contributed by atoms with E-state index in [4.69, 9.17) is 10.5 Å². The SMILES string of the molecule is CSC[C@H](NC(=O)[C@H](Cc1ccccc1)OC(=O)N1CCC(N)CC1)C(=O)N[C@@H](CC1CCCCC1)[C@@H](O)CSc1ccncc1. The highest BCUT2D eigenvalue weighted by Gasteiger charge is 2.33. The van der Waals surface area contributed by atoms with E-state index in [2.05, 4.69) is 15.6 Å². The molecular formula is C34H49N5O5S2. The molecule has 0 bridgehead atoms. The van der Waals surface area contributed by atoms with E-state index in [1.165, 1.54) is 29.9 Å². The third-order valence-corrected chi connectivity index (χ3v) is 10.5. The Balaban J connectivity index is 1.44. The van der Waals surface area contributed by atoms with Crippen LogP contribution in [0.4, 0.5) is 4.79 Å². The standard InChI is InChI=1S/C34H49N5O5S2/c1-45-22-29(32(41)37-28(20-24-8-4-2-5-9-24)30(40)23-46-27-12-16-36-17-13-27)38-33(42)31(21-25-10-6-3-7-11-25)44-34(43)39-18-14-26(35)15-19-39/h3,6-7,10-13,16-17,24,26,28-31,40H,2,4-5,8-9,14-15,18-23,35H2,1H3,(H,37,41)(H,38,42)/t28-,29-,30-,31-/m0/s1. The Kier molecular flexibility index (Phi) is 15.0. The van der Waals surface area contributed by atoms with E-state index in [9.17, 15) is 19.5 Å². The number of thioether (sulfide) groups is 2. The molecule has 4 rings (SSSR count). The summed E-state index contributed by atoms with van der Waals surface area (Å²) in [6, 6.07) is 11.9. The first-order valence-electron chi connectivity index (χ1n) is 16.4. The zero-order valence-corrected chi connectivity index (χ0v) is 28.4. The third kappa shape index (κ3) is 11.8. The molecule has 1 aromatic carbocycles. The Morgan fingerprint density at radius 3 is 2.35 bits per heavy atom. The Bertz CT molecular complexity index is 1210. The number of aromatic nitrogens is 1. The van der Waals surface area contributed by atoms with E-state index in [-0.39, 0.29) is 18.4 Å². The van der Waals surface area contributed by atoms with Gasteiger partial charge < -0.3 is 31.1 Å². The molecule has 1 aliphatic heterocycles. The molecule has 1 saturated carbocycles. The molecule has 4 atom stereocenters. The van der Waals surface area contributed by atoms with Crippen molar-refractivity contribution in [1.29, 1.82) is 0 Å². The smallest absolute Gasteiger partial charge is 0.410 e. The zero-order chi connectivity index (χ0) is 32.7. The van der Waals surface area contributed by atoms with Crippen molar-refractivity contribution >= 4 is 41.4 Å². The number of piperidine rings is 1. The second kappa shape index (κ2) is 19.1. The molecule has 2 aromatic rings. The van der Waals surface area contributed by atoms with Crippen LogP contribution in [-0.2, 0) is 20.7 Å². The molecular weight excluding hydrogens is 623 g/mol. The van der Waals surface area contributed by atoms with E-state index in [1.54, 1.807) is 17.3 Å². The molecule has 2 fully saturated rings. The molecule has 1 aliphatic carbocycles. The van der Waals surface area contributed by atoms with Crippen LogP contribution in [0.1, 0.15) is 56.9 Å². The number of hydrogen-bond acceptors (Lipinski definition) is 9. The van der Waals surface area contributed by atoms with Gasteiger partial charge in [0.2, 0.25) is 5.91 Å². The van der Waals surface area contributed by atoms with Gasteiger partial charge in [-0.3, -0.25) is 14.6 Å². The fourth-order valence-electron chi connectivity index (χ4n) is 6.02. The van der Waals surface area contributed by atoms with Crippen LogP contribution in [0.15, 0.2) is 59.8 Å². The predicted octanol–water partition coefficient (Wildman–Crippen LogP) is 4.01. The third-order valence-electron chi connectivity index (χ3n) is 8.74. The van der Waals surface area contributed by atoms with Gasteiger partial charge in [0.1, 0.15) is 6.04 Å². The minimum atomic E-state index is -1.12. The summed E-state index contributed by atoms with van der Waals surface area (Å²) in [5.41, 5.74) is 6.84. The molecule has 1 saturated heterocycles. The van der Waals surface area contributed by atoms with Gasteiger partial charge in [0.15, 0.2) is 6.10 Å². The quantitative estimate of drug-likeness (QED) is 0.206. The average Bonchev–Trinajstić information content (AvgIpc) is 3.08. The minimum absolute atomic E-state index is 0.0490. The van der Waals surface area contributed by atoms with Crippen molar-refractivity contribution in [2.24, 2.45) is 11.7 Å². The van der Waals surface area contributed by atoms with Crippen LogP contribution in [0.2, 0.25) is 0 Å². The first kappa shape index (κ1) is 36.0. The van der Waals surface area contributed by atoms with Gasteiger partial charge in [-0.15, -0.1) is 11.8 Å². The normalized spacial score (nSPS) is 18.6. The van der Waals surface area contributed by atoms with E-state index in [1.807, 2.05) is 48.7 Å². The maximum absolute atomic E-state index is 13.8. The molecule has 0 spiro atoms. The number of aliphatic hydroxyl groups excluding tert-OH is 1. The number of nitrogens with zero attached hydrogens (tertiary/aromatic N) is 2. The Labute approximate surface area is 281 Å². The van der Waals surface area contributed by atoms with Gasteiger partial charge in [-0.25, -0.2) is 4.79 Å². The van der Waals surface area contributed by atoms with Gasteiger partial charge >= 0.3 is 6.09 Å². The number of ether oxygens (including phenoxy) is 1. The van der Waals surface area contributed by atoms with Crippen molar-refractivity contribution < 1.29 is 24.2 Å². The number of likely N-dealkylation sites (tertiary alicyclic amines) is 1. The molecule has 252 valence electrons. The molecule has 2 heterocycles. The predicted molar refractivity (Wildman–Crippen MR) is 184 cm³/mol. The van der Waals surface area contributed by atoms with Crippen molar-refractivity contribution in [3.8, 4) is 0 Å². The van der Waals surface area contributed by atoms with Crippen molar-refractivity contribution in [3.63, 3.8) is 0 Å². The highest BCUT2D eigenvalue weighted by atomic mass is 32.2. The van der Waals surface area contributed by atoms with Crippen LogP contribution in [0, 0.1) is 5.92 Å². The molecule has 0 radical (unpaired) electrons. The van der Waals surface area contributed by atoms with E-state index >= 15 is 0 Å². The summed E-state index contributed by atoms with van der Waals surface area (Å²) in [5, 5.41) is 17.3. The van der Waals surface area contributed by atoms with Crippen LogP contribution in [0.3, 0.4) is 0 Å². The van der Waals surface area contributed by atoms with Crippen LogP contribution >= 0.6 is 23.5 Å². The van der Waals surface area contributed by atoms with Gasteiger partial charge in [-0.2, -0.15) is 11.8 Å². The molecule has 5 N–H and O–H groups in total. The molecule has 12 heteroatoms. The van der Waals surface area contributed by atoms with Gasteiger partial charge in [-0.05, 0) is 49.1 Å². The van der Waals surface area contributed by atoms with Crippen molar-refractivity contribution in [2.75, 3.05) is 30.9 Å². The second-order valence-electron chi connectivity index (χ2n) is 12.3. The lowest BCUT2D eigenvalue weighted by Crippen LogP contribution is -2.56. The van der Waals surface area contributed by atoms with Gasteiger partial charge in [0.05, 0.1) is 12.1 Å². The Hall–Kier alpha value is -2.80. The Morgan fingerprint density at radius 1 is 0.978 bits per heavy atom. The molecule has 10 nitrogen and oxygen atoms in total. The topological polar surface area (TPSA) is 147 Å². The van der Waals surface area contributed by atoms with Crippen LogP contribution in [-0.4, -0.2) is 94.1 Å². The average molecular weight is 672 g/mol. The number of hydrogen-bond donors (Lipinski definition) is 4. The summed E-state index contributed by atoms with van der Waals surface area (Å²) in [4.78, 5) is 47.3. The lowest BCUT2D eigenvalue weighted by atomic mass is 9.84. The number of pyridine rings is 1. The Morgan fingerprint density at radius 2 is 1.67 bits per heavy atom. The summed E-state index contributed by atoms with van der Waals surface area (Å²) >= 11 is 2.96. The highest BCUT2D eigenvalue weighted by Crippen LogP contribution is 2.29. The summed E-state index contributed by atoms with van der Waals surface area (Å²) in [6.45, 7) is 0.947. The number of nitrogens with one attached hydrogen (secondary N) is 2. The van der Waals surface area contributed by atoms with Crippen molar-refractivity contribution in [3.05, 3.63) is 60.4 Å². The van der Waals surface area contributed by atoms with Crippen molar-refractivity contribution in [2.45, 2.75) is 93.0 Å². The van der Waals surface area contributed by atoms with Gasteiger partial charge in [-0.1, -0.05) is 62.4 Å². The first-order valence-corrected chi connectivity index (χ1v) is 18.8. The highest BCUT2D eigenvalue weighted by molar-refractivity contribution is 7.99. The monoisotopic (exact) mass is 671 g/mol. The summed E-state index contributed by atoms with van der Waals surface area (Å²) in [5.74, 6) is 0.278. The lowest BCUT2D eigenvalue weighted by molar-refractivity contribution is -0.134. The number of amides is 3. The van der Waals surface area contributed by atoms with E-state index in [0.29, 0.717) is 49.8 Å². The second-order valence-corrected chi connectivity index (χ2v) is 14.3. The number of rotatable bonds is 15. The summed E-state index contributed by atoms with van der Waals surface area (Å²) in [6.07, 6.45) is 10.7. The molecule has 3 amide bonds. The van der Waals surface area contributed by atoms with E-state index < -0.39 is 36.3 Å². The van der Waals surface area contributed by atoms with Crippen LogP contribution in [0.25, 0.3) is 0 Å². The van der Waals surface area contributed by atoms with Gasteiger partial charge in [0, 0.05) is 54.3 Å². The maximum Gasteiger partial charge on any atom is 0.410 e. The molecule has 0 unspecified atom stereocenters.